The molecular weight excluding hydrogens is 494 g/mol. The standard InChI is InChI=1S/C24H20BrNO3S2/c1-15-12-22(16(2)11-17(15)25)30-14-24(28)29-13-23(27)26-18-7-3-5-9-20(18)31-21-10-6-4-8-19(21)26/h3-12H,13-14H2,1-2H3. The van der Waals surface area contributed by atoms with Crippen LogP contribution in [0, 0.1) is 13.8 Å². The molecular formula is C24H20BrNO3S2. The molecule has 0 atom stereocenters. The molecule has 4 nitrogen and oxygen atoms in total. The van der Waals surface area contributed by atoms with Crippen molar-refractivity contribution in [2.75, 3.05) is 17.3 Å². The number of ether oxygens (including phenoxy) is 1. The Balaban J connectivity index is 1.42. The van der Waals surface area contributed by atoms with Crippen LogP contribution < -0.4 is 4.90 Å². The second-order valence-corrected chi connectivity index (χ2v) is 10.0. The van der Waals surface area contributed by atoms with Crippen LogP contribution in [0.25, 0.3) is 0 Å². The van der Waals surface area contributed by atoms with Gasteiger partial charge in [-0.15, -0.1) is 11.8 Å². The van der Waals surface area contributed by atoms with E-state index in [1.165, 1.54) is 11.8 Å². The third-order valence-corrected chi connectivity index (χ3v) is 7.96. The van der Waals surface area contributed by atoms with Gasteiger partial charge in [-0.25, -0.2) is 0 Å². The summed E-state index contributed by atoms with van der Waals surface area (Å²) in [4.78, 5) is 30.1. The zero-order chi connectivity index (χ0) is 22.0. The van der Waals surface area contributed by atoms with E-state index in [2.05, 4.69) is 15.9 Å². The van der Waals surface area contributed by atoms with Gasteiger partial charge in [0.2, 0.25) is 0 Å². The molecule has 0 spiro atoms. The van der Waals surface area contributed by atoms with E-state index < -0.39 is 5.97 Å². The van der Waals surface area contributed by atoms with Crippen molar-refractivity contribution in [1.29, 1.82) is 0 Å². The highest BCUT2D eigenvalue weighted by molar-refractivity contribution is 9.10. The van der Waals surface area contributed by atoms with Crippen LogP contribution in [-0.4, -0.2) is 24.2 Å². The van der Waals surface area contributed by atoms with E-state index in [0.717, 1.165) is 41.7 Å². The van der Waals surface area contributed by atoms with Crippen LogP contribution in [-0.2, 0) is 14.3 Å². The predicted octanol–water partition coefficient (Wildman–Crippen LogP) is 6.53. The maximum absolute atomic E-state index is 13.1. The van der Waals surface area contributed by atoms with Crippen molar-refractivity contribution in [1.82, 2.24) is 0 Å². The molecule has 0 unspecified atom stereocenters. The number of carbonyl (C=O) groups is 2. The quantitative estimate of drug-likeness (QED) is 0.286. The number of carbonyl (C=O) groups excluding carboxylic acids is 2. The first kappa shape index (κ1) is 22.0. The maximum atomic E-state index is 13.1. The van der Waals surface area contributed by atoms with Crippen LogP contribution in [0.5, 0.6) is 0 Å². The van der Waals surface area contributed by atoms with E-state index in [-0.39, 0.29) is 18.3 Å². The molecule has 0 bridgehead atoms. The summed E-state index contributed by atoms with van der Waals surface area (Å²) in [6.45, 7) is 3.72. The lowest BCUT2D eigenvalue weighted by Gasteiger charge is -2.30. The van der Waals surface area contributed by atoms with E-state index in [4.69, 9.17) is 4.74 Å². The van der Waals surface area contributed by atoms with Crippen molar-refractivity contribution in [3.63, 3.8) is 0 Å². The highest BCUT2D eigenvalue weighted by Gasteiger charge is 2.28. The molecule has 0 radical (unpaired) electrons. The number of benzene rings is 3. The van der Waals surface area contributed by atoms with Gasteiger partial charge < -0.3 is 4.74 Å². The van der Waals surface area contributed by atoms with Crippen LogP contribution in [0.15, 0.2) is 79.8 Å². The number of thioether (sulfide) groups is 1. The van der Waals surface area contributed by atoms with E-state index in [1.807, 2.05) is 74.5 Å². The van der Waals surface area contributed by atoms with E-state index in [0.29, 0.717) is 0 Å². The molecule has 1 amide bonds. The Hall–Kier alpha value is -2.22. The molecule has 3 aromatic carbocycles. The number of fused-ring (bicyclic) bond motifs is 2. The van der Waals surface area contributed by atoms with Crippen LogP contribution >= 0.6 is 39.5 Å². The van der Waals surface area contributed by atoms with Crippen LogP contribution in [0.2, 0.25) is 0 Å². The Morgan fingerprint density at radius 3 is 2.23 bits per heavy atom. The molecule has 1 aliphatic heterocycles. The van der Waals surface area contributed by atoms with Crippen molar-refractivity contribution >= 4 is 62.7 Å². The van der Waals surface area contributed by atoms with Gasteiger partial charge in [0, 0.05) is 19.2 Å². The number of anilines is 2. The molecule has 4 rings (SSSR count). The molecule has 3 aromatic rings. The van der Waals surface area contributed by atoms with E-state index in [1.54, 1.807) is 16.7 Å². The van der Waals surface area contributed by atoms with E-state index >= 15 is 0 Å². The second kappa shape index (κ2) is 9.51. The zero-order valence-electron chi connectivity index (χ0n) is 17.1. The largest absolute Gasteiger partial charge is 0.455 e. The molecule has 1 aliphatic rings. The first-order valence-electron chi connectivity index (χ1n) is 9.68. The van der Waals surface area contributed by atoms with Crippen molar-refractivity contribution < 1.29 is 14.3 Å². The molecule has 7 heteroatoms. The van der Waals surface area contributed by atoms with Crippen molar-refractivity contribution in [2.45, 2.75) is 28.5 Å². The average Bonchev–Trinajstić information content (AvgIpc) is 2.77. The van der Waals surface area contributed by atoms with Gasteiger partial charge in [0.15, 0.2) is 6.61 Å². The smallest absolute Gasteiger partial charge is 0.316 e. The summed E-state index contributed by atoms with van der Waals surface area (Å²) in [5, 5.41) is 0. The molecule has 158 valence electrons. The number of halogens is 1. The minimum absolute atomic E-state index is 0.151. The fourth-order valence-corrected chi connectivity index (χ4v) is 5.69. The summed E-state index contributed by atoms with van der Waals surface area (Å²) in [6, 6.07) is 19.6. The molecule has 0 saturated carbocycles. The topological polar surface area (TPSA) is 46.6 Å². The molecule has 1 heterocycles. The fourth-order valence-electron chi connectivity index (χ4n) is 3.27. The van der Waals surface area contributed by atoms with Crippen LogP contribution in [0.1, 0.15) is 11.1 Å². The Morgan fingerprint density at radius 2 is 1.58 bits per heavy atom. The van der Waals surface area contributed by atoms with Gasteiger partial charge in [0.05, 0.1) is 17.1 Å². The van der Waals surface area contributed by atoms with Crippen molar-refractivity contribution in [3.8, 4) is 0 Å². The Labute approximate surface area is 198 Å². The number of amides is 1. The lowest BCUT2D eigenvalue weighted by molar-refractivity contribution is -0.144. The van der Waals surface area contributed by atoms with Gasteiger partial charge in [0.1, 0.15) is 0 Å². The third kappa shape index (κ3) is 4.84. The lowest BCUT2D eigenvalue weighted by atomic mass is 10.2. The summed E-state index contributed by atoms with van der Waals surface area (Å²) in [6.07, 6.45) is 0. The Morgan fingerprint density at radius 1 is 0.968 bits per heavy atom. The van der Waals surface area contributed by atoms with Crippen molar-refractivity contribution in [2.24, 2.45) is 0 Å². The highest BCUT2D eigenvalue weighted by Crippen LogP contribution is 2.47. The SMILES string of the molecule is Cc1cc(SCC(=O)OCC(=O)N2c3ccccc3Sc3ccccc32)c(C)cc1Br. The van der Waals surface area contributed by atoms with Gasteiger partial charge in [0.25, 0.3) is 5.91 Å². The summed E-state index contributed by atoms with van der Waals surface area (Å²) >= 11 is 6.57. The molecule has 0 aliphatic carbocycles. The number of hydrogen-bond acceptors (Lipinski definition) is 5. The van der Waals surface area contributed by atoms with Gasteiger partial charge >= 0.3 is 5.97 Å². The predicted molar refractivity (Wildman–Crippen MR) is 129 cm³/mol. The molecule has 0 aromatic heterocycles. The first-order valence-corrected chi connectivity index (χ1v) is 12.3. The van der Waals surface area contributed by atoms with Crippen LogP contribution in [0.3, 0.4) is 0 Å². The molecule has 0 saturated heterocycles. The fraction of sp³-hybridized carbons (Fsp3) is 0.167. The molecule has 0 fully saturated rings. The Kier molecular flexibility index (Phi) is 6.74. The molecule has 0 N–H and O–H groups in total. The highest BCUT2D eigenvalue weighted by atomic mass is 79.9. The minimum atomic E-state index is -0.411. The molecule has 31 heavy (non-hydrogen) atoms. The van der Waals surface area contributed by atoms with Gasteiger partial charge in [-0.05, 0) is 61.4 Å². The van der Waals surface area contributed by atoms with Crippen molar-refractivity contribution in [3.05, 3.63) is 76.3 Å². The second-order valence-electron chi connectivity index (χ2n) is 7.08. The lowest BCUT2D eigenvalue weighted by Crippen LogP contribution is -2.32. The number of esters is 1. The number of aryl methyl sites for hydroxylation is 2. The van der Waals surface area contributed by atoms with Gasteiger partial charge in [-0.1, -0.05) is 52.0 Å². The maximum Gasteiger partial charge on any atom is 0.316 e. The summed E-state index contributed by atoms with van der Waals surface area (Å²) < 4.78 is 6.38. The van der Waals surface area contributed by atoms with E-state index in [9.17, 15) is 9.59 Å². The summed E-state index contributed by atoms with van der Waals surface area (Å²) in [5.74, 6) is -0.529. The van der Waals surface area contributed by atoms with Gasteiger partial charge in [-0.2, -0.15) is 0 Å². The summed E-state index contributed by atoms with van der Waals surface area (Å²) in [7, 11) is 0. The number of hydrogen-bond donors (Lipinski definition) is 0. The zero-order valence-corrected chi connectivity index (χ0v) is 20.3. The number of para-hydroxylation sites is 2. The first-order chi connectivity index (χ1) is 14.9. The summed E-state index contributed by atoms with van der Waals surface area (Å²) in [5.41, 5.74) is 3.81. The normalized spacial score (nSPS) is 12.2. The number of rotatable bonds is 5. The minimum Gasteiger partial charge on any atom is -0.455 e. The van der Waals surface area contributed by atoms with Crippen LogP contribution in [0.4, 0.5) is 11.4 Å². The number of nitrogens with zero attached hydrogens (tertiary/aromatic N) is 1. The Bertz CT molecular complexity index is 1120. The van der Waals surface area contributed by atoms with Gasteiger partial charge in [-0.3, -0.25) is 14.5 Å². The monoisotopic (exact) mass is 513 g/mol. The third-order valence-electron chi connectivity index (χ3n) is 4.84. The average molecular weight is 514 g/mol.